The fourth-order valence-corrected chi connectivity index (χ4v) is 9.33. The highest BCUT2D eigenvalue weighted by atomic mass is 19.1. The molecule has 0 spiro atoms. The Balaban J connectivity index is 1.25. The summed E-state index contributed by atoms with van der Waals surface area (Å²) in [6.45, 7) is 9.02. The number of carbonyl (C=O) groups excluding carboxylic acids is 2. The van der Waals surface area contributed by atoms with Crippen LogP contribution in [0.1, 0.15) is 78.6 Å². The molecule has 40 heavy (non-hydrogen) atoms. The highest BCUT2D eigenvalue weighted by Gasteiger charge is 2.59. The van der Waals surface area contributed by atoms with E-state index >= 15 is 0 Å². The van der Waals surface area contributed by atoms with Crippen LogP contribution < -0.4 is 5.32 Å². The molecule has 0 bridgehead atoms. The Hall–Kier alpha value is -1.80. The maximum Gasteiger partial charge on any atom is 0.436 e. The minimum atomic E-state index is -0.859. The van der Waals surface area contributed by atoms with Gasteiger partial charge in [-0.1, -0.05) is 24.6 Å². The van der Waals surface area contributed by atoms with Gasteiger partial charge < -0.3 is 9.80 Å². The van der Waals surface area contributed by atoms with Gasteiger partial charge in [0, 0.05) is 31.5 Å². The van der Waals surface area contributed by atoms with Gasteiger partial charge >= 0.3 is 6.09 Å². The number of amides is 1. The molecule has 5 rings (SSSR count). The number of allylic oxidation sites excluding steroid dienone is 1. The van der Waals surface area contributed by atoms with Crippen LogP contribution in [-0.2, 0) is 9.63 Å². The molecule has 2 unspecified atom stereocenters. The summed E-state index contributed by atoms with van der Waals surface area (Å²) in [5.74, 6) is 2.63. The third-order valence-electron chi connectivity index (χ3n) is 11.6. The molecule has 0 aromatic heterocycles. The van der Waals surface area contributed by atoms with Crippen LogP contribution in [0.4, 0.5) is 9.18 Å². The lowest BCUT2D eigenvalue weighted by Crippen LogP contribution is -2.51. The molecular formula is C32H52FN4O3+. The third-order valence-corrected chi connectivity index (χ3v) is 11.6. The first-order chi connectivity index (χ1) is 18.8. The van der Waals surface area contributed by atoms with Crippen molar-refractivity contribution < 1.29 is 23.3 Å². The molecular weight excluding hydrogens is 507 g/mol. The van der Waals surface area contributed by atoms with Gasteiger partial charge in [0.15, 0.2) is 5.78 Å². The van der Waals surface area contributed by atoms with Gasteiger partial charge in [-0.05, 0) is 93.0 Å². The number of halogens is 1. The molecule has 1 heterocycles. The molecule has 1 amide bonds. The number of ketones is 1. The molecule has 1 aliphatic heterocycles. The minimum absolute atomic E-state index is 0.0558. The van der Waals surface area contributed by atoms with Crippen LogP contribution in [0.3, 0.4) is 0 Å². The van der Waals surface area contributed by atoms with Crippen LogP contribution in [-0.4, -0.2) is 86.5 Å². The van der Waals surface area contributed by atoms with E-state index in [2.05, 4.69) is 45.5 Å². The monoisotopic (exact) mass is 559 g/mol. The molecule has 5 aliphatic rings. The zero-order valence-corrected chi connectivity index (χ0v) is 25.7. The van der Waals surface area contributed by atoms with E-state index < -0.39 is 12.3 Å². The highest BCUT2D eigenvalue weighted by Crippen LogP contribution is 2.66. The summed E-state index contributed by atoms with van der Waals surface area (Å²) in [6.07, 6.45) is 9.72. The van der Waals surface area contributed by atoms with Crippen LogP contribution in [0.15, 0.2) is 16.8 Å². The molecule has 4 fully saturated rings. The summed E-state index contributed by atoms with van der Waals surface area (Å²) >= 11 is 0. The maximum absolute atomic E-state index is 13.8. The zero-order chi connectivity index (χ0) is 28.9. The lowest BCUT2D eigenvalue weighted by molar-refractivity contribution is -0.869. The molecule has 3 saturated carbocycles. The molecule has 224 valence electrons. The SMILES string of the molecule is C/C(=N\OC(=O)N(CC[N+](C)(C)C)CC1CC(F)CN1)[C@H]1CC[C@H]2[C@@H]3CCC4=CC(=O)CC[C@]4(C)[C@H]3CC[C@]12C. The van der Waals surface area contributed by atoms with E-state index in [9.17, 15) is 14.0 Å². The molecule has 1 saturated heterocycles. The van der Waals surface area contributed by atoms with Crippen molar-refractivity contribution in [3.8, 4) is 0 Å². The van der Waals surface area contributed by atoms with E-state index in [1.807, 2.05) is 13.0 Å². The summed E-state index contributed by atoms with van der Waals surface area (Å²) in [5, 5.41) is 7.66. The standard InChI is InChI=1S/C32H52FN4O3/c1-21(35-40-30(39)36(15-16-37(4,5)6)20-24-18-23(33)19-34-24)27-9-10-28-26-8-7-22-17-25(38)11-13-31(22,2)29(26)12-14-32(27,28)3/h17,23-24,26-29,34H,7-16,18-20H2,1-6H3/q+1/b35-21+/t23?,24?,26-,27+,28-,29-,31-,32+/m0/s1. The summed E-state index contributed by atoms with van der Waals surface area (Å²) in [4.78, 5) is 32.7. The molecule has 4 aliphatic carbocycles. The van der Waals surface area contributed by atoms with Gasteiger partial charge in [-0.3, -0.25) is 14.5 Å². The number of alkyl halides is 1. The van der Waals surface area contributed by atoms with Crippen LogP contribution >= 0.6 is 0 Å². The summed E-state index contributed by atoms with van der Waals surface area (Å²) in [7, 11) is 6.29. The number of oxime groups is 1. The van der Waals surface area contributed by atoms with E-state index in [0.717, 1.165) is 42.4 Å². The van der Waals surface area contributed by atoms with Gasteiger partial charge in [-0.15, -0.1) is 0 Å². The van der Waals surface area contributed by atoms with Crippen molar-refractivity contribution in [2.45, 2.75) is 90.8 Å². The van der Waals surface area contributed by atoms with Gasteiger partial charge in [0.2, 0.25) is 0 Å². The first kappa shape index (κ1) is 29.7. The minimum Gasteiger partial charge on any atom is -0.329 e. The number of hydrogen-bond donors (Lipinski definition) is 1. The summed E-state index contributed by atoms with van der Waals surface area (Å²) in [5.41, 5.74) is 2.69. The van der Waals surface area contributed by atoms with Crippen LogP contribution in [0, 0.1) is 34.5 Å². The topological polar surface area (TPSA) is 71.0 Å². The smallest absolute Gasteiger partial charge is 0.329 e. The quantitative estimate of drug-likeness (QED) is 0.197. The van der Waals surface area contributed by atoms with E-state index in [0.29, 0.717) is 61.9 Å². The van der Waals surface area contributed by atoms with E-state index in [-0.39, 0.29) is 16.9 Å². The Kier molecular flexibility index (Phi) is 8.25. The fraction of sp³-hybridized carbons (Fsp3) is 0.844. The van der Waals surface area contributed by atoms with Crippen molar-refractivity contribution in [3.05, 3.63) is 11.6 Å². The van der Waals surface area contributed by atoms with Gasteiger partial charge in [0.1, 0.15) is 6.17 Å². The number of rotatable bonds is 7. The highest BCUT2D eigenvalue weighted by molar-refractivity contribution is 5.91. The van der Waals surface area contributed by atoms with Crippen LogP contribution in [0.5, 0.6) is 0 Å². The second kappa shape index (κ2) is 11.1. The third kappa shape index (κ3) is 5.77. The molecule has 8 atom stereocenters. The predicted octanol–water partition coefficient (Wildman–Crippen LogP) is 5.36. The van der Waals surface area contributed by atoms with Crippen LogP contribution in [0.25, 0.3) is 0 Å². The number of nitrogens with one attached hydrogen (secondary N) is 1. The number of hydrogen-bond acceptors (Lipinski definition) is 5. The lowest BCUT2D eigenvalue weighted by Gasteiger charge is -2.58. The van der Waals surface area contributed by atoms with Crippen molar-refractivity contribution >= 4 is 17.6 Å². The average Bonchev–Trinajstić information content (AvgIpc) is 3.46. The zero-order valence-electron chi connectivity index (χ0n) is 25.7. The van der Waals surface area contributed by atoms with Crippen molar-refractivity contribution in [2.75, 3.05) is 47.3 Å². The second-order valence-corrected chi connectivity index (χ2v) is 15.1. The van der Waals surface area contributed by atoms with E-state index in [4.69, 9.17) is 4.84 Å². The molecule has 0 radical (unpaired) electrons. The molecule has 1 N–H and O–H groups in total. The number of quaternary nitrogens is 1. The van der Waals surface area contributed by atoms with Crippen molar-refractivity contribution in [1.29, 1.82) is 0 Å². The Morgan fingerprint density at radius 3 is 2.62 bits per heavy atom. The Morgan fingerprint density at radius 2 is 1.93 bits per heavy atom. The van der Waals surface area contributed by atoms with Crippen molar-refractivity contribution in [2.24, 2.45) is 39.7 Å². The average molecular weight is 560 g/mol. The number of fused-ring (bicyclic) bond motifs is 5. The van der Waals surface area contributed by atoms with E-state index in [1.54, 1.807) is 4.90 Å². The summed E-state index contributed by atoms with van der Waals surface area (Å²) in [6, 6.07) is -0.0558. The van der Waals surface area contributed by atoms with Gasteiger partial charge in [0.05, 0.1) is 39.9 Å². The fourth-order valence-electron chi connectivity index (χ4n) is 9.33. The van der Waals surface area contributed by atoms with Crippen LogP contribution in [0.2, 0.25) is 0 Å². The molecule has 0 aromatic rings. The molecule has 7 nitrogen and oxygen atoms in total. The van der Waals surface area contributed by atoms with Gasteiger partial charge in [-0.25, -0.2) is 9.18 Å². The lowest BCUT2D eigenvalue weighted by atomic mass is 9.46. The maximum atomic E-state index is 13.8. The predicted molar refractivity (Wildman–Crippen MR) is 156 cm³/mol. The normalized spacial score (nSPS) is 39.7. The van der Waals surface area contributed by atoms with Gasteiger partial charge in [0.25, 0.3) is 0 Å². The second-order valence-electron chi connectivity index (χ2n) is 15.1. The van der Waals surface area contributed by atoms with E-state index in [1.165, 1.54) is 24.8 Å². The first-order valence-electron chi connectivity index (χ1n) is 15.7. The Bertz CT molecular complexity index is 1050. The number of carbonyl (C=O) groups is 2. The van der Waals surface area contributed by atoms with Crippen molar-refractivity contribution in [1.82, 2.24) is 10.2 Å². The molecule has 8 heteroatoms. The number of likely N-dealkylation sites (N-methyl/N-ethyl adjacent to an activating group) is 1. The Labute approximate surface area is 240 Å². The molecule has 0 aromatic carbocycles. The number of nitrogens with zero attached hydrogens (tertiary/aromatic N) is 3. The first-order valence-corrected chi connectivity index (χ1v) is 15.7. The summed E-state index contributed by atoms with van der Waals surface area (Å²) < 4.78 is 14.5. The Morgan fingerprint density at radius 1 is 1.15 bits per heavy atom. The van der Waals surface area contributed by atoms with Crippen molar-refractivity contribution in [3.63, 3.8) is 0 Å². The largest absolute Gasteiger partial charge is 0.436 e. The van der Waals surface area contributed by atoms with Gasteiger partial charge in [-0.2, -0.15) is 0 Å².